The van der Waals surface area contributed by atoms with E-state index in [-0.39, 0.29) is 0 Å². The van der Waals surface area contributed by atoms with Crippen LogP contribution in [0.5, 0.6) is 0 Å². The first kappa shape index (κ1) is 12.9. The van der Waals surface area contributed by atoms with Crippen molar-refractivity contribution in [3.8, 4) is 11.1 Å². The van der Waals surface area contributed by atoms with Crippen LogP contribution in [0, 0.1) is 0 Å². The molecule has 2 aliphatic rings. The van der Waals surface area contributed by atoms with E-state index < -0.39 is 0 Å². The molecule has 0 aromatic heterocycles. The van der Waals surface area contributed by atoms with Gasteiger partial charge in [-0.25, -0.2) is 0 Å². The molecule has 0 unspecified atom stereocenters. The van der Waals surface area contributed by atoms with Gasteiger partial charge in [-0.3, -0.25) is 4.90 Å². The van der Waals surface area contributed by atoms with Gasteiger partial charge in [-0.05, 0) is 36.1 Å². The van der Waals surface area contributed by atoms with Crippen LogP contribution in [0.2, 0.25) is 0 Å². The highest BCUT2D eigenvalue weighted by Crippen LogP contribution is 2.29. The van der Waals surface area contributed by atoms with E-state index in [1.165, 1.54) is 55.8 Å². The predicted molar refractivity (Wildman–Crippen MR) is 88.7 cm³/mol. The van der Waals surface area contributed by atoms with Crippen LogP contribution in [0.25, 0.3) is 11.1 Å². The van der Waals surface area contributed by atoms with Crippen molar-refractivity contribution < 1.29 is 0 Å². The summed E-state index contributed by atoms with van der Waals surface area (Å²) in [6.45, 7) is 4.79. The number of nitrogens with zero attached hydrogens (tertiary/aromatic N) is 2. The summed E-state index contributed by atoms with van der Waals surface area (Å²) in [4.78, 5) is 5.18. The van der Waals surface area contributed by atoms with E-state index in [1.54, 1.807) is 0 Å². The molecule has 2 heteroatoms. The maximum atomic E-state index is 2.66. The molecule has 0 atom stereocenters. The van der Waals surface area contributed by atoms with Crippen molar-refractivity contribution in [1.82, 2.24) is 4.90 Å². The zero-order chi connectivity index (χ0) is 14.1. The fourth-order valence-electron chi connectivity index (χ4n) is 3.28. The van der Waals surface area contributed by atoms with Crippen LogP contribution in [0.1, 0.15) is 12.8 Å². The van der Waals surface area contributed by atoms with Crippen LogP contribution in [0.3, 0.4) is 0 Å². The molecule has 0 spiro atoms. The van der Waals surface area contributed by atoms with E-state index in [2.05, 4.69) is 64.4 Å². The van der Waals surface area contributed by atoms with Crippen molar-refractivity contribution in [2.75, 3.05) is 31.1 Å². The lowest BCUT2D eigenvalue weighted by Crippen LogP contribution is -2.47. The van der Waals surface area contributed by atoms with Gasteiger partial charge in [-0.15, -0.1) is 0 Å². The second kappa shape index (κ2) is 5.53. The third-order valence-corrected chi connectivity index (χ3v) is 4.72. The summed E-state index contributed by atoms with van der Waals surface area (Å²) in [5.41, 5.74) is 3.96. The van der Waals surface area contributed by atoms with Gasteiger partial charge in [0.1, 0.15) is 0 Å². The highest BCUT2D eigenvalue weighted by atomic mass is 15.3. The van der Waals surface area contributed by atoms with Gasteiger partial charge in [0.2, 0.25) is 0 Å². The standard InChI is InChI=1S/C19H22N2/c1-2-4-16(5-3-1)17-6-8-18(9-7-17)20-12-14-21(15-13-20)19-10-11-19/h1-9,19H,10-15H2. The van der Waals surface area contributed by atoms with Crippen LogP contribution in [0.4, 0.5) is 5.69 Å². The smallest absolute Gasteiger partial charge is 0.0367 e. The van der Waals surface area contributed by atoms with Gasteiger partial charge >= 0.3 is 0 Å². The van der Waals surface area contributed by atoms with Crippen LogP contribution in [-0.4, -0.2) is 37.1 Å². The summed E-state index contributed by atoms with van der Waals surface area (Å²) >= 11 is 0. The maximum Gasteiger partial charge on any atom is 0.0367 e. The van der Waals surface area contributed by atoms with Crippen molar-refractivity contribution in [1.29, 1.82) is 0 Å². The van der Waals surface area contributed by atoms with E-state index in [0.717, 1.165) is 6.04 Å². The van der Waals surface area contributed by atoms with E-state index in [4.69, 9.17) is 0 Å². The van der Waals surface area contributed by atoms with Crippen molar-refractivity contribution >= 4 is 5.69 Å². The van der Waals surface area contributed by atoms with Gasteiger partial charge in [0, 0.05) is 37.9 Å². The molecular weight excluding hydrogens is 256 g/mol. The highest BCUT2D eigenvalue weighted by Gasteiger charge is 2.31. The SMILES string of the molecule is c1ccc(-c2ccc(N3CCN(C4CC4)CC3)cc2)cc1. The highest BCUT2D eigenvalue weighted by molar-refractivity contribution is 5.66. The number of anilines is 1. The number of piperazine rings is 1. The molecule has 1 heterocycles. The first-order chi connectivity index (χ1) is 10.4. The van der Waals surface area contributed by atoms with Crippen molar-refractivity contribution in [2.24, 2.45) is 0 Å². The first-order valence-electron chi connectivity index (χ1n) is 8.05. The third kappa shape index (κ3) is 2.81. The largest absolute Gasteiger partial charge is 0.369 e. The molecule has 2 aromatic carbocycles. The predicted octanol–water partition coefficient (Wildman–Crippen LogP) is 3.64. The Bertz CT molecular complexity index is 579. The van der Waals surface area contributed by atoms with Gasteiger partial charge in [-0.2, -0.15) is 0 Å². The fraction of sp³-hybridized carbons (Fsp3) is 0.368. The third-order valence-electron chi connectivity index (χ3n) is 4.72. The summed E-state index contributed by atoms with van der Waals surface area (Å²) in [6.07, 6.45) is 2.84. The van der Waals surface area contributed by atoms with Crippen molar-refractivity contribution in [3.63, 3.8) is 0 Å². The number of hydrogen-bond donors (Lipinski definition) is 0. The van der Waals surface area contributed by atoms with Crippen LogP contribution in [0.15, 0.2) is 54.6 Å². The average molecular weight is 278 g/mol. The molecule has 0 amide bonds. The Balaban J connectivity index is 1.44. The van der Waals surface area contributed by atoms with E-state index in [0.29, 0.717) is 0 Å². The number of rotatable bonds is 3. The second-order valence-corrected chi connectivity index (χ2v) is 6.17. The molecule has 1 aliphatic carbocycles. The zero-order valence-corrected chi connectivity index (χ0v) is 12.4. The molecule has 4 rings (SSSR count). The number of benzene rings is 2. The topological polar surface area (TPSA) is 6.48 Å². The van der Waals surface area contributed by atoms with E-state index in [9.17, 15) is 0 Å². The van der Waals surface area contributed by atoms with Crippen LogP contribution < -0.4 is 4.90 Å². The fourth-order valence-corrected chi connectivity index (χ4v) is 3.28. The van der Waals surface area contributed by atoms with Gasteiger partial charge in [0.25, 0.3) is 0 Å². The normalized spacial score (nSPS) is 19.7. The molecule has 0 N–H and O–H groups in total. The molecule has 1 aliphatic heterocycles. The van der Waals surface area contributed by atoms with Crippen molar-refractivity contribution in [3.05, 3.63) is 54.6 Å². The van der Waals surface area contributed by atoms with Gasteiger partial charge in [0.15, 0.2) is 0 Å². The minimum absolute atomic E-state index is 0.910. The summed E-state index contributed by atoms with van der Waals surface area (Å²) < 4.78 is 0. The van der Waals surface area contributed by atoms with Gasteiger partial charge in [-0.1, -0.05) is 42.5 Å². The second-order valence-electron chi connectivity index (χ2n) is 6.17. The maximum absolute atomic E-state index is 2.66. The molecular formula is C19H22N2. The Hall–Kier alpha value is -1.80. The molecule has 2 aromatic rings. The van der Waals surface area contributed by atoms with Crippen LogP contribution >= 0.6 is 0 Å². The van der Waals surface area contributed by atoms with Gasteiger partial charge in [0.05, 0.1) is 0 Å². The van der Waals surface area contributed by atoms with Crippen LogP contribution in [-0.2, 0) is 0 Å². The quantitative estimate of drug-likeness (QED) is 0.846. The molecule has 2 fully saturated rings. The molecule has 21 heavy (non-hydrogen) atoms. The molecule has 0 radical (unpaired) electrons. The Kier molecular flexibility index (Phi) is 3.40. The Morgan fingerprint density at radius 2 is 1.29 bits per heavy atom. The zero-order valence-electron chi connectivity index (χ0n) is 12.4. The van der Waals surface area contributed by atoms with E-state index in [1.807, 2.05) is 0 Å². The summed E-state index contributed by atoms with van der Waals surface area (Å²) in [5, 5.41) is 0. The Morgan fingerprint density at radius 3 is 1.90 bits per heavy atom. The average Bonchev–Trinajstić information content (AvgIpc) is 3.41. The Labute approximate surface area is 127 Å². The van der Waals surface area contributed by atoms with E-state index >= 15 is 0 Å². The lowest BCUT2D eigenvalue weighted by atomic mass is 10.1. The summed E-state index contributed by atoms with van der Waals surface area (Å²) in [7, 11) is 0. The lowest BCUT2D eigenvalue weighted by Gasteiger charge is -2.36. The Morgan fingerprint density at radius 1 is 0.667 bits per heavy atom. The molecule has 1 saturated heterocycles. The lowest BCUT2D eigenvalue weighted by molar-refractivity contribution is 0.248. The monoisotopic (exact) mass is 278 g/mol. The molecule has 108 valence electrons. The minimum Gasteiger partial charge on any atom is -0.369 e. The molecule has 1 saturated carbocycles. The first-order valence-corrected chi connectivity index (χ1v) is 8.05. The van der Waals surface area contributed by atoms with Gasteiger partial charge < -0.3 is 4.90 Å². The molecule has 0 bridgehead atoms. The minimum atomic E-state index is 0.910. The summed E-state index contributed by atoms with van der Waals surface area (Å²) in [5.74, 6) is 0. The molecule has 2 nitrogen and oxygen atoms in total. The number of hydrogen-bond acceptors (Lipinski definition) is 2. The summed E-state index contributed by atoms with van der Waals surface area (Å²) in [6, 6.07) is 20.6. The van der Waals surface area contributed by atoms with Crippen molar-refractivity contribution in [2.45, 2.75) is 18.9 Å².